The van der Waals surface area contributed by atoms with Gasteiger partial charge in [-0.05, 0) is 31.2 Å². The van der Waals surface area contributed by atoms with Crippen molar-refractivity contribution in [3.63, 3.8) is 0 Å². The van der Waals surface area contributed by atoms with Gasteiger partial charge in [0.15, 0.2) is 0 Å². The van der Waals surface area contributed by atoms with E-state index in [2.05, 4.69) is 20.2 Å². The number of carbonyl (C=O) groups excluding carboxylic acids is 1. The molecule has 1 aliphatic heterocycles. The number of esters is 1. The third-order valence-electron chi connectivity index (χ3n) is 5.20. The SMILES string of the molecule is CCOC(=O)c1ccccc1N1CCOCC1Nc1cc(-c2ccccc2OC)ncn1. The Hall–Kier alpha value is -3.65. The van der Waals surface area contributed by atoms with Crippen LogP contribution in [-0.4, -0.2) is 55.6 Å². The fourth-order valence-electron chi connectivity index (χ4n) is 3.73. The molecule has 0 radical (unpaired) electrons. The summed E-state index contributed by atoms with van der Waals surface area (Å²) in [7, 11) is 1.64. The van der Waals surface area contributed by atoms with E-state index in [0.717, 1.165) is 22.7 Å². The van der Waals surface area contributed by atoms with Crippen LogP contribution in [-0.2, 0) is 9.47 Å². The molecule has 0 saturated carbocycles. The first-order valence-electron chi connectivity index (χ1n) is 10.5. The molecule has 32 heavy (non-hydrogen) atoms. The van der Waals surface area contributed by atoms with Crippen molar-refractivity contribution in [3.8, 4) is 17.0 Å². The maximum Gasteiger partial charge on any atom is 0.340 e. The van der Waals surface area contributed by atoms with Gasteiger partial charge in [-0.25, -0.2) is 14.8 Å². The molecule has 1 atom stereocenters. The molecule has 2 aromatic carbocycles. The summed E-state index contributed by atoms with van der Waals surface area (Å²) in [4.78, 5) is 23.4. The number of hydrogen-bond acceptors (Lipinski definition) is 8. The Morgan fingerprint density at radius 3 is 2.84 bits per heavy atom. The summed E-state index contributed by atoms with van der Waals surface area (Å²) < 4.78 is 16.4. The zero-order valence-electron chi connectivity index (χ0n) is 18.2. The van der Waals surface area contributed by atoms with Gasteiger partial charge in [0.05, 0.1) is 43.9 Å². The van der Waals surface area contributed by atoms with Gasteiger partial charge in [-0.3, -0.25) is 0 Å². The maximum atomic E-state index is 12.5. The van der Waals surface area contributed by atoms with Crippen molar-refractivity contribution >= 4 is 17.5 Å². The predicted octanol–water partition coefficient (Wildman–Crippen LogP) is 3.60. The fraction of sp³-hybridized carbons (Fsp3) is 0.292. The number of carbonyl (C=O) groups is 1. The number of hydrogen-bond donors (Lipinski definition) is 1. The monoisotopic (exact) mass is 434 g/mol. The highest BCUT2D eigenvalue weighted by atomic mass is 16.5. The van der Waals surface area contributed by atoms with Crippen molar-refractivity contribution in [2.24, 2.45) is 0 Å². The third-order valence-corrected chi connectivity index (χ3v) is 5.20. The lowest BCUT2D eigenvalue weighted by molar-refractivity contribution is 0.0525. The van der Waals surface area contributed by atoms with Crippen molar-refractivity contribution in [1.82, 2.24) is 9.97 Å². The van der Waals surface area contributed by atoms with E-state index in [9.17, 15) is 4.79 Å². The smallest absolute Gasteiger partial charge is 0.340 e. The number of anilines is 2. The standard InChI is InChI=1S/C24H26N4O4/c1-3-32-24(29)18-9-4-6-10-20(18)28-12-13-31-15-23(28)27-22-14-19(25-16-26-22)17-8-5-7-11-21(17)30-2/h4-11,14,16,23H,3,12-13,15H2,1-2H3,(H,25,26,27). The van der Waals surface area contributed by atoms with Gasteiger partial charge in [0.1, 0.15) is 24.1 Å². The number of aromatic nitrogens is 2. The molecule has 0 amide bonds. The van der Waals surface area contributed by atoms with E-state index >= 15 is 0 Å². The molecule has 0 bridgehead atoms. The van der Waals surface area contributed by atoms with Gasteiger partial charge in [-0.15, -0.1) is 0 Å². The van der Waals surface area contributed by atoms with Crippen LogP contribution in [0.5, 0.6) is 5.75 Å². The quantitative estimate of drug-likeness (QED) is 0.565. The number of nitrogens with zero attached hydrogens (tertiary/aromatic N) is 3. The molecule has 2 heterocycles. The lowest BCUT2D eigenvalue weighted by Gasteiger charge is -2.38. The van der Waals surface area contributed by atoms with Crippen molar-refractivity contribution in [1.29, 1.82) is 0 Å². The highest BCUT2D eigenvalue weighted by Crippen LogP contribution is 2.30. The van der Waals surface area contributed by atoms with Crippen LogP contribution in [0.2, 0.25) is 0 Å². The van der Waals surface area contributed by atoms with E-state index in [4.69, 9.17) is 14.2 Å². The lowest BCUT2D eigenvalue weighted by atomic mass is 10.1. The van der Waals surface area contributed by atoms with Gasteiger partial charge < -0.3 is 24.4 Å². The van der Waals surface area contributed by atoms with Gasteiger partial charge in [0.25, 0.3) is 0 Å². The molecule has 4 rings (SSSR count). The summed E-state index contributed by atoms with van der Waals surface area (Å²) >= 11 is 0. The van der Waals surface area contributed by atoms with Gasteiger partial charge in [-0.1, -0.05) is 24.3 Å². The molecular weight excluding hydrogens is 408 g/mol. The second-order valence-electron chi connectivity index (χ2n) is 7.15. The molecule has 0 spiro atoms. The van der Waals surface area contributed by atoms with Crippen LogP contribution in [0, 0.1) is 0 Å². The Bertz CT molecular complexity index is 1080. The summed E-state index contributed by atoms with van der Waals surface area (Å²) in [5.41, 5.74) is 2.95. The topological polar surface area (TPSA) is 85.8 Å². The molecule has 1 aromatic heterocycles. The van der Waals surface area contributed by atoms with Crippen LogP contribution in [0.25, 0.3) is 11.3 Å². The van der Waals surface area contributed by atoms with Crippen LogP contribution in [0.3, 0.4) is 0 Å². The number of para-hydroxylation sites is 2. The highest BCUT2D eigenvalue weighted by Gasteiger charge is 2.27. The first kappa shape index (κ1) is 21.6. The van der Waals surface area contributed by atoms with Crippen molar-refractivity contribution in [2.45, 2.75) is 13.1 Å². The van der Waals surface area contributed by atoms with E-state index in [1.165, 1.54) is 6.33 Å². The summed E-state index contributed by atoms with van der Waals surface area (Å²) in [5, 5.41) is 3.43. The van der Waals surface area contributed by atoms with Crippen LogP contribution in [0.4, 0.5) is 11.5 Å². The molecule has 8 nitrogen and oxygen atoms in total. The normalized spacial score (nSPS) is 15.8. The summed E-state index contributed by atoms with van der Waals surface area (Å²) in [6, 6.07) is 17.0. The van der Waals surface area contributed by atoms with Crippen LogP contribution in [0.15, 0.2) is 60.9 Å². The first-order valence-corrected chi connectivity index (χ1v) is 10.5. The molecular formula is C24H26N4O4. The number of nitrogens with one attached hydrogen (secondary N) is 1. The zero-order chi connectivity index (χ0) is 22.3. The zero-order valence-corrected chi connectivity index (χ0v) is 18.2. The van der Waals surface area contributed by atoms with Crippen LogP contribution >= 0.6 is 0 Å². The Morgan fingerprint density at radius 2 is 2.00 bits per heavy atom. The van der Waals surface area contributed by atoms with Gasteiger partial charge in [0, 0.05) is 18.2 Å². The van der Waals surface area contributed by atoms with Gasteiger partial charge in [0.2, 0.25) is 0 Å². The molecule has 8 heteroatoms. The van der Waals surface area contributed by atoms with E-state index in [1.54, 1.807) is 20.1 Å². The molecule has 1 saturated heterocycles. The predicted molar refractivity (Wildman–Crippen MR) is 122 cm³/mol. The summed E-state index contributed by atoms with van der Waals surface area (Å²) in [6.07, 6.45) is 1.30. The average Bonchev–Trinajstić information content (AvgIpc) is 2.85. The number of morpholine rings is 1. The Balaban J connectivity index is 1.61. The van der Waals surface area contributed by atoms with Crippen molar-refractivity contribution in [2.75, 3.05) is 43.7 Å². The number of ether oxygens (including phenoxy) is 3. The van der Waals surface area contributed by atoms with Gasteiger partial charge >= 0.3 is 5.97 Å². The lowest BCUT2D eigenvalue weighted by Crippen LogP contribution is -2.50. The van der Waals surface area contributed by atoms with E-state index in [1.807, 2.05) is 48.5 Å². The van der Waals surface area contributed by atoms with Crippen LogP contribution in [0.1, 0.15) is 17.3 Å². The number of rotatable bonds is 7. The second kappa shape index (κ2) is 10.1. The minimum atomic E-state index is -0.339. The molecule has 0 aliphatic carbocycles. The molecule has 1 fully saturated rings. The Labute approximate surface area is 187 Å². The Kier molecular flexibility index (Phi) is 6.81. The number of methoxy groups -OCH3 is 1. The van der Waals surface area contributed by atoms with Gasteiger partial charge in [-0.2, -0.15) is 0 Å². The van der Waals surface area contributed by atoms with E-state index in [0.29, 0.717) is 37.7 Å². The third kappa shape index (κ3) is 4.65. The van der Waals surface area contributed by atoms with Crippen molar-refractivity contribution < 1.29 is 19.0 Å². The van der Waals surface area contributed by atoms with E-state index < -0.39 is 0 Å². The average molecular weight is 434 g/mol. The maximum absolute atomic E-state index is 12.5. The molecule has 1 aliphatic rings. The first-order chi connectivity index (χ1) is 15.7. The number of benzene rings is 2. The molecule has 1 unspecified atom stereocenters. The van der Waals surface area contributed by atoms with Crippen molar-refractivity contribution in [3.05, 3.63) is 66.5 Å². The minimum absolute atomic E-state index is 0.222. The second-order valence-corrected chi connectivity index (χ2v) is 7.15. The summed E-state index contributed by atoms with van der Waals surface area (Å²) in [6.45, 7) is 3.74. The largest absolute Gasteiger partial charge is 0.496 e. The molecule has 166 valence electrons. The Morgan fingerprint density at radius 1 is 1.19 bits per heavy atom. The van der Waals surface area contributed by atoms with E-state index in [-0.39, 0.29) is 12.1 Å². The highest BCUT2D eigenvalue weighted by molar-refractivity contribution is 5.96. The minimum Gasteiger partial charge on any atom is -0.496 e. The fourth-order valence-corrected chi connectivity index (χ4v) is 3.73. The summed E-state index contributed by atoms with van der Waals surface area (Å²) in [5.74, 6) is 1.05. The molecule has 3 aromatic rings. The molecule has 1 N–H and O–H groups in total. The van der Waals surface area contributed by atoms with Crippen LogP contribution < -0.4 is 15.0 Å².